The van der Waals surface area contributed by atoms with Gasteiger partial charge in [-0.3, -0.25) is 4.79 Å². The first-order valence-electron chi connectivity index (χ1n) is 7.04. The van der Waals surface area contributed by atoms with E-state index >= 15 is 0 Å². The van der Waals surface area contributed by atoms with Crippen molar-refractivity contribution in [3.8, 4) is 0 Å². The third-order valence-electron chi connectivity index (χ3n) is 3.68. The van der Waals surface area contributed by atoms with Crippen LogP contribution in [0.15, 0.2) is 52.3 Å². The lowest BCUT2D eigenvalue weighted by Crippen LogP contribution is -2.24. The monoisotopic (exact) mass is 349 g/mol. The van der Waals surface area contributed by atoms with E-state index in [-0.39, 0.29) is 16.4 Å². The molecule has 0 saturated heterocycles. The number of halogens is 1. The molecule has 3 rings (SSSR count). The van der Waals surface area contributed by atoms with Crippen molar-refractivity contribution in [2.45, 2.75) is 33.6 Å². The molecular formula is C17H16ClNOS2. The number of carbonyl (C=O) groups is 1. The molecule has 22 heavy (non-hydrogen) atoms. The molecule has 0 spiro atoms. The molecule has 2 aromatic carbocycles. The summed E-state index contributed by atoms with van der Waals surface area (Å²) in [7, 11) is 0. The Morgan fingerprint density at radius 1 is 1.32 bits per heavy atom. The summed E-state index contributed by atoms with van der Waals surface area (Å²) in [6.45, 7) is 1.87. The molecule has 114 valence electrons. The highest BCUT2D eigenvalue weighted by molar-refractivity contribution is 8.01. The Labute approximate surface area is 143 Å². The number of hydrogen-bond donors (Lipinski definition) is 1. The lowest BCUT2D eigenvalue weighted by atomic mass is 10.0. The Balaban J connectivity index is 2.02. The van der Waals surface area contributed by atoms with Gasteiger partial charge < -0.3 is 5.73 Å². The van der Waals surface area contributed by atoms with Gasteiger partial charge in [-0.2, -0.15) is 0 Å². The number of benzene rings is 2. The molecule has 5 heteroatoms. The van der Waals surface area contributed by atoms with E-state index in [9.17, 15) is 4.79 Å². The SMILES string of the molecule is C[C@@H](S[C@@H]1Cc2cc(Cl)ccc2Sc2ccccc21)C(N)=O. The van der Waals surface area contributed by atoms with Crippen LogP contribution >= 0.6 is 35.1 Å². The van der Waals surface area contributed by atoms with Gasteiger partial charge >= 0.3 is 0 Å². The maximum atomic E-state index is 11.4. The first-order valence-corrected chi connectivity index (χ1v) is 9.18. The Morgan fingerprint density at radius 3 is 2.86 bits per heavy atom. The zero-order valence-corrected chi connectivity index (χ0v) is 14.5. The van der Waals surface area contributed by atoms with Crippen LogP contribution in [0, 0.1) is 0 Å². The van der Waals surface area contributed by atoms with Gasteiger partial charge in [-0.25, -0.2) is 0 Å². The molecule has 2 nitrogen and oxygen atoms in total. The number of hydrogen-bond acceptors (Lipinski definition) is 3. The summed E-state index contributed by atoms with van der Waals surface area (Å²) < 4.78 is 0. The van der Waals surface area contributed by atoms with Crippen LogP contribution in [0.3, 0.4) is 0 Å². The lowest BCUT2D eigenvalue weighted by molar-refractivity contribution is -0.117. The third kappa shape index (κ3) is 3.29. The molecule has 2 atom stereocenters. The second-order valence-corrected chi connectivity index (χ2v) is 8.33. The number of rotatable bonds is 3. The number of fused-ring (bicyclic) bond motifs is 2. The van der Waals surface area contributed by atoms with E-state index in [2.05, 4.69) is 18.2 Å². The summed E-state index contributed by atoms with van der Waals surface area (Å²) in [5, 5.41) is 0.728. The second kappa shape index (κ2) is 6.57. The molecule has 1 heterocycles. The van der Waals surface area contributed by atoms with Crippen molar-refractivity contribution in [3.05, 3.63) is 58.6 Å². The molecule has 1 aliphatic heterocycles. The van der Waals surface area contributed by atoms with Crippen LogP contribution in [0.4, 0.5) is 0 Å². The van der Waals surface area contributed by atoms with Gasteiger partial charge in [0.25, 0.3) is 0 Å². The molecule has 0 aromatic heterocycles. The van der Waals surface area contributed by atoms with Crippen LogP contribution in [-0.4, -0.2) is 11.2 Å². The lowest BCUT2D eigenvalue weighted by Gasteiger charge is -2.19. The van der Waals surface area contributed by atoms with E-state index in [1.807, 2.05) is 31.2 Å². The molecule has 0 saturated carbocycles. The molecular weight excluding hydrogens is 334 g/mol. The molecule has 2 aromatic rings. The average Bonchev–Trinajstić information content (AvgIpc) is 2.63. The summed E-state index contributed by atoms with van der Waals surface area (Å²) in [5.41, 5.74) is 7.93. The topological polar surface area (TPSA) is 43.1 Å². The van der Waals surface area contributed by atoms with E-state index < -0.39 is 0 Å². The van der Waals surface area contributed by atoms with Gasteiger partial charge in [0.15, 0.2) is 0 Å². The predicted octanol–water partition coefficient (Wildman–Crippen LogP) is 4.70. The minimum atomic E-state index is -0.273. The van der Waals surface area contributed by atoms with Crippen molar-refractivity contribution in [3.63, 3.8) is 0 Å². The Hall–Kier alpha value is -1.10. The van der Waals surface area contributed by atoms with Crippen LogP contribution in [0.5, 0.6) is 0 Å². The van der Waals surface area contributed by atoms with Gasteiger partial charge in [0.05, 0.1) is 5.25 Å². The van der Waals surface area contributed by atoms with Gasteiger partial charge in [-0.1, -0.05) is 41.6 Å². The summed E-state index contributed by atoms with van der Waals surface area (Å²) in [6, 6.07) is 14.4. The first-order chi connectivity index (χ1) is 10.5. The van der Waals surface area contributed by atoms with E-state index in [4.69, 9.17) is 17.3 Å². The summed E-state index contributed by atoms with van der Waals surface area (Å²) in [5.74, 6) is -0.273. The highest BCUT2D eigenvalue weighted by Crippen LogP contribution is 2.47. The van der Waals surface area contributed by atoms with Gasteiger partial charge in [0.2, 0.25) is 5.91 Å². The fourth-order valence-electron chi connectivity index (χ4n) is 2.51. The van der Waals surface area contributed by atoms with Crippen LogP contribution in [0.1, 0.15) is 23.3 Å². The summed E-state index contributed by atoms with van der Waals surface area (Å²) in [4.78, 5) is 13.9. The quantitative estimate of drug-likeness (QED) is 0.873. The molecule has 2 N–H and O–H groups in total. The standard InChI is InChI=1S/C17H16ClNOS2/c1-10(17(19)20)21-16-9-11-8-12(18)6-7-14(11)22-15-5-3-2-4-13(15)16/h2-8,10,16H,9H2,1H3,(H2,19,20)/t10-,16-/m1/s1. The van der Waals surface area contributed by atoms with Gasteiger partial charge in [-0.05, 0) is 48.7 Å². The maximum Gasteiger partial charge on any atom is 0.230 e. The van der Waals surface area contributed by atoms with Crippen molar-refractivity contribution in [2.75, 3.05) is 0 Å². The molecule has 1 aliphatic rings. The minimum Gasteiger partial charge on any atom is -0.369 e. The van der Waals surface area contributed by atoms with Crippen molar-refractivity contribution >= 4 is 41.0 Å². The van der Waals surface area contributed by atoms with E-state index in [0.717, 1.165) is 11.4 Å². The minimum absolute atomic E-state index is 0.200. The molecule has 1 amide bonds. The molecule has 0 aliphatic carbocycles. The maximum absolute atomic E-state index is 11.4. The first kappa shape index (κ1) is 15.8. The van der Waals surface area contributed by atoms with Crippen LogP contribution < -0.4 is 5.73 Å². The fraction of sp³-hybridized carbons (Fsp3) is 0.235. The number of amides is 1. The van der Waals surface area contributed by atoms with Crippen LogP contribution in [0.25, 0.3) is 0 Å². The largest absolute Gasteiger partial charge is 0.369 e. The second-order valence-electron chi connectivity index (χ2n) is 5.27. The van der Waals surface area contributed by atoms with Gasteiger partial charge in [0.1, 0.15) is 0 Å². The number of carbonyl (C=O) groups excluding carboxylic acids is 1. The normalized spacial score (nSPS) is 18.0. The zero-order chi connectivity index (χ0) is 15.7. The van der Waals surface area contributed by atoms with Crippen LogP contribution in [-0.2, 0) is 11.2 Å². The average molecular weight is 350 g/mol. The highest BCUT2D eigenvalue weighted by Gasteiger charge is 2.26. The summed E-state index contributed by atoms with van der Waals surface area (Å²) >= 11 is 9.54. The number of primary amides is 1. The van der Waals surface area contributed by atoms with Gasteiger partial charge in [-0.15, -0.1) is 11.8 Å². The van der Waals surface area contributed by atoms with Crippen molar-refractivity contribution in [1.29, 1.82) is 0 Å². The third-order valence-corrected chi connectivity index (χ3v) is 6.52. The number of thioether (sulfide) groups is 1. The summed E-state index contributed by atoms with van der Waals surface area (Å²) in [6.07, 6.45) is 0.849. The smallest absolute Gasteiger partial charge is 0.230 e. The fourth-order valence-corrected chi connectivity index (χ4v) is 5.15. The molecule has 0 bridgehead atoms. The van der Waals surface area contributed by atoms with Crippen molar-refractivity contribution in [1.82, 2.24) is 0 Å². The van der Waals surface area contributed by atoms with Crippen LogP contribution in [0.2, 0.25) is 5.02 Å². The van der Waals surface area contributed by atoms with Gasteiger partial charge in [0, 0.05) is 20.1 Å². The zero-order valence-electron chi connectivity index (χ0n) is 12.1. The molecule has 0 radical (unpaired) electrons. The van der Waals surface area contributed by atoms with E-state index in [1.165, 1.54) is 20.9 Å². The Bertz CT molecular complexity index is 720. The predicted molar refractivity (Wildman–Crippen MR) is 94.7 cm³/mol. The molecule has 0 unspecified atom stereocenters. The van der Waals surface area contributed by atoms with Crippen molar-refractivity contribution < 1.29 is 4.79 Å². The highest BCUT2D eigenvalue weighted by atomic mass is 35.5. The van der Waals surface area contributed by atoms with Crippen molar-refractivity contribution in [2.24, 2.45) is 5.73 Å². The Kier molecular flexibility index (Phi) is 4.71. The Morgan fingerprint density at radius 2 is 2.09 bits per heavy atom. The van der Waals surface area contributed by atoms with E-state index in [0.29, 0.717) is 0 Å². The molecule has 0 fully saturated rings. The van der Waals surface area contributed by atoms with E-state index in [1.54, 1.807) is 23.5 Å². The number of nitrogens with two attached hydrogens (primary N) is 1.